The van der Waals surface area contributed by atoms with Crippen molar-refractivity contribution in [3.63, 3.8) is 0 Å². The largest absolute Gasteiger partial charge is 0.493 e. The maximum absolute atomic E-state index is 13.1. The Balaban J connectivity index is 1.59. The molecule has 0 spiro atoms. The van der Waals surface area contributed by atoms with Crippen LogP contribution in [-0.4, -0.2) is 18.4 Å². The highest BCUT2D eigenvalue weighted by atomic mass is 35.5. The Morgan fingerprint density at radius 2 is 1.81 bits per heavy atom. The number of hydrazine groups is 1. The molecule has 0 aliphatic carbocycles. The number of halogens is 2. The van der Waals surface area contributed by atoms with E-state index in [1.807, 2.05) is 13.0 Å². The standard InChI is InChI=1S/C20H22ClFN2O3/c1-14-12-16(21)8-9-18(14)27-11-3-6-19(25)23-24-20(26)10-7-15-4-2-5-17(22)13-15/h2,4-5,8-9,12-13H,3,6-7,10-11H2,1H3,(H,23,25)(H,24,26). The molecule has 5 nitrogen and oxygen atoms in total. The molecule has 27 heavy (non-hydrogen) atoms. The summed E-state index contributed by atoms with van der Waals surface area (Å²) in [5, 5.41) is 0.646. The van der Waals surface area contributed by atoms with Crippen molar-refractivity contribution in [2.24, 2.45) is 0 Å². The van der Waals surface area contributed by atoms with E-state index in [4.69, 9.17) is 16.3 Å². The van der Waals surface area contributed by atoms with Crippen molar-refractivity contribution in [3.05, 3.63) is 64.4 Å². The Morgan fingerprint density at radius 3 is 2.52 bits per heavy atom. The van der Waals surface area contributed by atoms with Crippen LogP contribution in [0.15, 0.2) is 42.5 Å². The van der Waals surface area contributed by atoms with Crippen LogP contribution in [0.25, 0.3) is 0 Å². The number of aryl methyl sites for hydroxylation is 2. The first-order chi connectivity index (χ1) is 12.9. The van der Waals surface area contributed by atoms with E-state index < -0.39 is 0 Å². The summed E-state index contributed by atoms with van der Waals surface area (Å²) < 4.78 is 18.7. The van der Waals surface area contributed by atoms with Crippen molar-refractivity contribution in [1.29, 1.82) is 0 Å². The van der Waals surface area contributed by atoms with Gasteiger partial charge < -0.3 is 4.74 Å². The fourth-order valence-electron chi connectivity index (χ4n) is 2.40. The first-order valence-corrected chi connectivity index (χ1v) is 9.03. The number of amides is 2. The molecule has 2 amide bonds. The lowest BCUT2D eigenvalue weighted by Crippen LogP contribution is -2.41. The second-order valence-corrected chi connectivity index (χ2v) is 6.52. The van der Waals surface area contributed by atoms with Gasteiger partial charge in [-0.15, -0.1) is 0 Å². The Hall–Kier alpha value is -2.60. The molecule has 144 valence electrons. The molecule has 2 aromatic carbocycles. The minimum Gasteiger partial charge on any atom is -0.493 e. The zero-order chi connectivity index (χ0) is 19.6. The van der Waals surface area contributed by atoms with Crippen molar-refractivity contribution in [2.75, 3.05) is 6.61 Å². The fourth-order valence-corrected chi connectivity index (χ4v) is 2.63. The van der Waals surface area contributed by atoms with Crippen LogP contribution < -0.4 is 15.6 Å². The number of carbonyl (C=O) groups is 2. The topological polar surface area (TPSA) is 67.4 Å². The van der Waals surface area contributed by atoms with Crippen LogP contribution in [-0.2, 0) is 16.0 Å². The average Bonchev–Trinajstić information content (AvgIpc) is 2.63. The maximum Gasteiger partial charge on any atom is 0.238 e. The zero-order valence-electron chi connectivity index (χ0n) is 15.1. The monoisotopic (exact) mass is 392 g/mol. The number of carbonyl (C=O) groups excluding carboxylic acids is 2. The number of hydrogen-bond donors (Lipinski definition) is 2. The first kappa shape index (κ1) is 20.7. The lowest BCUT2D eigenvalue weighted by molar-refractivity contribution is -0.129. The molecular weight excluding hydrogens is 371 g/mol. The Kier molecular flexibility index (Phi) is 8.07. The van der Waals surface area contributed by atoms with Crippen molar-refractivity contribution in [3.8, 4) is 5.75 Å². The van der Waals surface area contributed by atoms with Gasteiger partial charge in [0.1, 0.15) is 11.6 Å². The molecule has 0 radical (unpaired) electrons. The molecule has 0 saturated carbocycles. The van der Waals surface area contributed by atoms with Gasteiger partial charge in [0.25, 0.3) is 0 Å². The summed E-state index contributed by atoms with van der Waals surface area (Å²) in [6, 6.07) is 11.4. The molecule has 0 unspecified atom stereocenters. The molecule has 0 bridgehead atoms. The van der Waals surface area contributed by atoms with Gasteiger partial charge in [-0.2, -0.15) is 0 Å². The van der Waals surface area contributed by atoms with Crippen LogP contribution >= 0.6 is 11.6 Å². The number of ether oxygens (including phenoxy) is 1. The minimum absolute atomic E-state index is 0.155. The summed E-state index contributed by atoms with van der Waals surface area (Å²) in [6.45, 7) is 2.27. The molecule has 0 atom stereocenters. The van der Waals surface area contributed by atoms with Crippen LogP contribution in [0.4, 0.5) is 4.39 Å². The van der Waals surface area contributed by atoms with E-state index in [1.165, 1.54) is 12.1 Å². The minimum atomic E-state index is -0.336. The number of benzene rings is 2. The van der Waals surface area contributed by atoms with Crippen molar-refractivity contribution in [2.45, 2.75) is 32.6 Å². The predicted octanol–water partition coefficient (Wildman–Crippen LogP) is 3.73. The van der Waals surface area contributed by atoms with Crippen LogP contribution in [0, 0.1) is 12.7 Å². The van der Waals surface area contributed by atoms with E-state index in [-0.39, 0.29) is 30.5 Å². The smallest absolute Gasteiger partial charge is 0.238 e. The van der Waals surface area contributed by atoms with Crippen LogP contribution in [0.3, 0.4) is 0 Å². The van der Waals surface area contributed by atoms with E-state index in [2.05, 4.69) is 10.9 Å². The van der Waals surface area contributed by atoms with E-state index in [0.717, 1.165) is 16.9 Å². The predicted molar refractivity (Wildman–Crippen MR) is 102 cm³/mol. The van der Waals surface area contributed by atoms with Crippen molar-refractivity contribution < 1.29 is 18.7 Å². The van der Waals surface area contributed by atoms with Gasteiger partial charge in [-0.1, -0.05) is 23.7 Å². The highest BCUT2D eigenvalue weighted by molar-refractivity contribution is 6.30. The molecule has 2 N–H and O–H groups in total. The van der Waals surface area contributed by atoms with Gasteiger partial charge in [0.05, 0.1) is 6.61 Å². The van der Waals surface area contributed by atoms with Gasteiger partial charge in [-0.05, 0) is 61.2 Å². The summed E-state index contributed by atoms with van der Waals surface area (Å²) in [6.07, 6.45) is 1.28. The van der Waals surface area contributed by atoms with Crippen LogP contribution in [0.2, 0.25) is 5.02 Å². The molecule has 0 aromatic heterocycles. The fraction of sp³-hybridized carbons (Fsp3) is 0.300. The number of hydrogen-bond acceptors (Lipinski definition) is 3. The van der Waals surface area contributed by atoms with Crippen molar-refractivity contribution >= 4 is 23.4 Å². The summed E-state index contributed by atoms with van der Waals surface area (Å²) in [7, 11) is 0. The summed E-state index contributed by atoms with van der Waals surface area (Å²) in [5.41, 5.74) is 6.37. The summed E-state index contributed by atoms with van der Waals surface area (Å²) >= 11 is 5.88. The first-order valence-electron chi connectivity index (χ1n) is 8.65. The third kappa shape index (κ3) is 7.66. The molecule has 0 saturated heterocycles. The van der Waals surface area contributed by atoms with E-state index in [0.29, 0.717) is 24.5 Å². The summed E-state index contributed by atoms with van der Waals surface area (Å²) in [5.74, 6) is -0.242. The maximum atomic E-state index is 13.1. The summed E-state index contributed by atoms with van der Waals surface area (Å²) in [4.78, 5) is 23.5. The second-order valence-electron chi connectivity index (χ2n) is 6.09. The van der Waals surface area contributed by atoms with E-state index in [1.54, 1.807) is 24.3 Å². The van der Waals surface area contributed by atoms with Gasteiger partial charge in [-0.25, -0.2) is 4.39 Å². The van der Waals surface area contributed by atoms with Gasteiger partial charge in [-0.3, -0.25) is 20.4 Å². The average molecular weight is 393 g/mol. The third-order valence-electron chi connectivity index (χ3n) is 3.81. The number of rotatable bonds is 8. The molecular formula is C20H22ClFN2O3. The van der Waals surface area contributed by atoms with Gasteiger partial charge in [0, 0.05) is 17.9 Å². The molecule has 0 fully saturated rings. The lowest BCUT2D eigenvalue weighted by Gasteiger charge is -2.10. The van der Waals surface area contributed by atoms with Crippen LogP contribution in [0.1, 0.15) is 30.4 Å². The molecule has 2 rings (SSSR count). The molecule has 0 aliphatic heterocycles. The van der Waals surface area contributed by atoms with Crippen LogP contribution in [0.5, 0.6) is 5.75 Å². The van der Waals surface area contributed by atoms with E-state index >= 15 is 0 Å². The highest BCUT2D eigenvalue weighted by Crippen LogP contribution is 2.21. The zero-order valence-corrected chi connectivity index (χ0v) is 15.8. The SMILES string of the molecule is Cc1cc(Cl)ccc1OCCCC(=O)NNC(=O)CCc1cccc(F)c1. The molecule has 0 heterocycles. The molecule has 0 aliphatic rings. The van der Waals surface area contributed by atoms with E-state index in [9.17, 15) is 14.0 Å². The van der Waals surface area contributed by atoms with Gasteiger partial charge in [0.15, 0.2) is 0 Å². The third-order valence-corrected chi connectivity index (χ3v) is 4.05. The van der Waals surface area contributed by atoms with Crippen molar-refractivity contribution in [1.82, 2.24) is 10.9 Å². The molecule has 2 aromatic rings. The normalized spacial score (nSPS) is 10.3. The lowest BCUT2D eigenvalue weighted by atomic mass is 10.1. The number of nitrogens with one attached hydrogen (secondary N) is 2. The Labute approximate surface area is 162 Å². The van der Waals surface area contributed by atoms with Gasteiger partial charge >= 0.3 is 0 Å². The Morgan fingerprint density at radius 1 is 1.07 bits per heavy atom. The Bertz CT molecular complexity index is 799. The van der Waals surface area contributed by atoms with Gasteiger partial charge in [0.2, 0.25) is 11.8 Å². The quantitative estimate of drug-likeness (QED) is 0.531. The molecule has 7 heteroatoms. The second kappa shape index (κ2) is 10.5. The highest BCUT2D eigenvalue weighted by Gasteiger charge is 2.06.